The lowest BCUT2D eigenvalue weighted by Gasteiger charge is -2.31. The van der Waals surface area contributed by atoms with Crippen molar-refractivity contribution in [1.29, 1.82) is 0 Å². The summed E-state index contributed by atoms with van der Waals surface area (Å²) >= 11 is 1.93. The summed E-state index contributed by atoms with van der Waals surface area (Å²) in [6, 6.07) is 17.8. The molecule has 47 heavy (non-hydrogen) atoms. The van der Waals surface area contributed by atoms with E-state index in [1.54, 1.807) is 0 Å². The Bertz CT molecular complexity index is 2090. The number of aromatic nitrogens is 1. The fraction of sp³-hybridized carbons (Fsp3) is 0.200. The Morgan fingerprint density at radius 2 is 1.62 bits per heavy atom. The molecule has 3 unspecified atom stereocenters. The minimum atomic E-state index is -3.93. The van der Waals surface area contributed by atoms with E-state index in [4.69, 9.17) is 5.14 Å². The van der Waals surface area contributed by atoms with Crippen LogP contribution >= 0.6 is 23.1 Å². The highest BCUT2D eigenvalue weighted by Gasteiger charge is 2.56. The van der Waals surface area contributed by atoms with Crippen LogP contribution in [0.4, 0.5) is 22.7 Å². The lowest BCUT2D eigenvalue weighted by molar-refractivity contribution is -0.384. The zero-order chi connectivity index (χ0) is 33.8. The maximum atomic E-state index is 14.1. The Balaban J connectivity index is 1.37. The second-order valence-electron chi connectivity index (χ2n) is 11.1. The number of hydrogen-bond acceptors (Lipinski definition) is 11. The first-order valence-electron chi connectivity index (χ1n) is 14.0. The number of primary sulfonamides is 1. The quantitative estimate of drug-likeness (QED) is 0.157. The minimum Gasteiger partial charge on any atom is -0.378 e. The number of amides is 3. The number of nitro groups is 1. The molecule has 2 aliphatic rings. The number of nitrogens with two attached hydrogens (primary N) is 1. The van der Waals surface area contributed by atoms with Gasteiger partial charge in [0.1, 0.15) is 11.8 Å². The van der Waals surface area contributed by atoms with Crippen LogP contribution in [-0.4, -0.2) is 55.0 Å². The van der Waals surface area contributed by atoms with Gasteiger partial charge in [0.05, 0.1) is 26.5 Å². The van der Waals surface area contributed by atoms with Crippen LogP contribution in [0.1, 0.15) is 16.4 Å². The number of anilines is 3. The number of carbonyl (C=O) groups excluding carboxylic acids is 3. The molecular weight excluding hydrogens is 669 g/mol. The van der Waals surface area contributed by atoms with Crippen LogP contribution in [0.15, 0.2) is 87.5 Å². The number of imide groups is 1. The highest BCUT2D eigenvalue weighted by molar-refractivity contribution is 8.00. The monoisotopic (exact) mass is 694 g/mol. The van der Waals surface area contributed by atoms with Crippen molar-refractivity contribution in [2.75, 3.05) is 29.2 Å². The summed E-state index contributed by atoms with van der Waals surface area (Å²) in [5.41, 5.74) is 1.88. The van der Waals surface area contributed by atoms with Crippen LogP contribution in [0.5, 0.6) is 0 Å². The standard InChI is InChI=1S/C30H26N6O8S3/c1-33(2)18-7-3-16(4-8-18)23-24-25(28(39)35(27(24)38)19-9-11-20(12-10-19)36(41)42)45-29-26(23)46-30(40)34(29)15-22(37)32-17-5-13-21(14-6-17)47(31,43)44/h3-14,23-25H,15H2,1-2H3,(H,32,37)(H2,31,43,44). The van der Waals surface area contributed by atoms with Gasteiger partial charge in [-0.1, -0.05) is 35.2 Å². The van der Waals surface area contributed by atoms with Crippen molar-refractivity contribution >= 4 is 73.6 Å². The predicted molar refractivity (Wildman–Crippen MR) is 176 cm³/mol. The summed E-state index contributed by atoms with van der Waals surface area (Å²) in [5.74, 6) is -3.20. The number of fused-ring (bicyclic) bond motifs is 2. The molecule has 1 saturated heterocycles. The van der Waals surface area contributed by atoms with Crippen LogP contribution in [0.25, 0.3) is 0 Å². The van der Waals surface area contributed by atoms with E-state index in [1.807, 2.05) is 43.3 Å². The number of thioether (sulfide) groups is 1. The average Bonchev–Trinajstić information content (AvgIpc) is 3.47. The van der Waals surface area contributed by atoms with Crippen molar-refractivity contribution in [3.05, 3.63) is 103 Å². The molecule has 3 aromatic carbocycles. The highest BCUT2D eigenvalue weighted by atomic mass is 32.2. The Morgan fingerprint density at radius 1 is 0.979 bits per heavy atom. The Kier molecular flexibility index (Phi) is 8.25. The lowest BCUT2D eigenvalue weighted by Crippen LogP contribution is -2.33. The number of nitrogens with zero attached hydrogens (tertiary/aromatic N) is 4. The van der Waals surface area contributed by atoms with Crippen molar-refractivity contribution in [2.45, 2.75) is 27.6 Å². The van der Waals surface area contributed by atoms with E-state index in [0.717, 1.165) is 33.7 Å². The van der Waals surface area contributed by atoms with Gasteiger partial charge in [0.25, 0.3) is 5.69 Å². The van der Waals surface area contributed by atoms with Gasteiger partial charge in [-0.05, 0) is 54.1 Å². The van der Waals surface area contributed by atoms with Crippen molar-refractivity contribution in [3.8, 4) is 0 Å². The zero-order valence-electron chi connectivity index (χ0n) is 24.7. The van der Waals surface area contributed by atoms with Gasteiger partial charge in [0.2, 0.25) is 27.7 Å². The topological polar surface area (TPSA) is 195 Å². The lowest BCUT2D eigenvalue weighted by atomic mass is 9.83. The molecule has 0 bridgehead atoms. The first-order valence-corrected chi connectivity index (χ1v) is 17.2. The number of hydrogen-bond donors (Lipinski definition) is 2. The zero-order valence-corrected chi connectivity index (χ0v) is 27.2. The summed E-state index contributed by atoms with van der Waals surface area (Å²) < 4.78 is 24.4. The highest BCUT2D eigenvalue weighted by Crippen LogP contribution is 2.54. The number of rotatable bonds is 8. The molecule has 3 heterocycles. The second-order valence-corrected chi connectivity index (χ2v) is 14.7. The normalized spacial score (nSPS) is 18.9. The van der Waals surface area contributed by atoms with Crippen molar-refractivity contribution in [1.82, 2.24) is 4.57 Å². The number of nitrogens with one attached hydrogen (secondary N) is 1. The summed E-state index contributed by atoms with van der Waals surface area (Å²) in [6.07, 6.45) is 0. The fourth-order valence-corrected chi connectivity index (χ4v) is 8.93. The van der Waals surface area contributed by atoms with E-state index in [9.17, 15) is 37.7 Å². The molecule has 3 atom stereocenters. The number of benzene rings is 3. The van der Waals surface area contributed by atoms with Gasteiger partial charge in [0, 0.05) is 48.4 Å². The summed E-state index contributed by atoms with van der Waals surface area (Å²) in [5, 5.41) is 18.4. The van der Waals surface area contributed by atoms with E-state index in [-0.39, 0.29) is 22.0 Å². The van der Waals surface area contributed by atoms with Gasteiger partial charge in [-0.2, -0.15) is 0 Å². The molecule has 14 nitrogen and oxygen atoms in total. The Labute approximate surface area is 276 Å². The molecule has 0 radical (unpaired) electrons. The molecule has 0 aliphatic carbocycles. The average molecular weight is 695 g/mol. The van der Waals surface area contributed by atoms with Gasteiger partial charge in [-0.3, -0.25) is 33.9 Å². The molecule has 3 amide bonds. The van der Waals surface area contributed by atoms with Gasteiger partial charge in [-0.25, -0.2) is 18.5 Å². The molecule has 242 valence electrons. The smallest absolute Gasteiger partial charge is 0.308 e. The fourth-order valence-electron chi connectivity index (χ4n) is 5.64. The molecule has 1 aromatic heterocycles. The predicted octanol–water partition coefficient (Wildman–Crippen LogP) is 2.97. The summed E-state index contributed by atoms with van der Waals surface area (Å²) in [7, 11) is -0.163. The number of thiazole rings is 1. The third kappa shape index (κ3) is 5.93. The molecular formula is C30H26N6O8S3. The second kappa shape index (κ2) is 12.1. The molecule has 0 spiro atoms. The van der Waals surface area contributed by atoms with E-state index in [1.165, 1.54) is 53.1 Å². The molecule has 0 saturated carbocycles. The third-order valence-electron chi connectivity index (χ3n) is 7.90. The summed E-state index contributed by atoms with van der Waals surface area (Å²) in [4.78, 5) is 68.0. The molecule has 4 aromatic rings. The molecule has 2 aliphatic heterocycles. The maximum Gasteiger partial charge on any atom is 0.308 e. The van der Waals surface area contributed by atoms with Crippen molar-refractivity contribution in [3.63, 3.8) is 0 Å². The molecule has 17 heteroatoms. The number of sulfonamides is 1. The van der Waals surface area contributed by atoms with Crippen molar-refractivity contribution < 1.29 is 27.7 Å². The van der Waals surface area contributed by atoms with Gasteiger partial charge in [0.15, 0.2) is 0 Å². The minimum absolute atomic E-state index is 0.132. The van der Waals surface area contributed by atoms with E-state index >= 15 is 0 Å². The number of nitro benzene ring substituents is 1. The SMILES string of the molecule is CN(C)c1ccc(C2c3sc(=O)n(CC(=O)Nc4ccc(S(N)(=O)=O)cc4)c3SC3C(=O)N(c4ccc([N+](=O)[O-])cc4)C(=O)C32)cc1. The first kappa shape index (κ1) is 32.1. The number of non-ortho nitro benzene ring substituents is 1. The van der Waals surface area contributed by atoms with Crippen LogP contribution < -0.4 is 25.1 Å². The van der Waals surface area contributed by atoms with Crippen LogP contribution in [0, 0.1) is 16.0 Å². The molecule has 6 rings (SSSR count). The van der Waals surface area contributed by atoms with Crippen LogP contribution in [0.3, 0.4) is 0 Å². The van der Waals surface area contributed by atoms with Gasteiger partial charge < -0.3 is 10.2 Å². The Morgan fingerprint density at radius 3 is 2.19 bits per heavy atom. The Hall–Kier alpha value is -4.84. The van der Waals surface area contributed by atoms with Crippen LogP contribution in [-0.2, 0) is 31.0 Å². The number of carbonyl (C=O) groups is 3. The van der Waals surface area contributed by atoms with Crippen LogP contribution in [0.2, 0.25) is 0 Å². The first-order chi connectivity index (χ1) is 22.2. The largest absolute Gasteiger partial charge is 0.378 e. The summed E-state index contributed by atoms with van der Waals surface area (Å²) in [6.45, 7) is -0.410. The molecule has 1 fully saturated rings. The van der Waals surface area contributed by atoms with E-state index in [2.05, 4.69) is 5.32 Å². The molecule has 3 N–H and O–H groups in total. The van der Waals surface area contributed by atoms with E-state index < -0.39 is 61.2 Å². The van der Waals surface area contributed by atoms with Crippen molar-refractivity contribution in [2.24, 2.45) is 11.1 Å². The third-order valence-corrected chi connectivity index (χ3v) is 11.4. The van der Waals surface area contributed by atoms with E-state index in [0.29, 0.717) is 15.5 Å². The maximum absolute atomic E-state index is 14.1. The van der Waals surface area contributed by atoms with Gasteiger partial charge in [-0.15, -0.1) is 0 Å². The van der Waals surface area contributed by atoms with Gasteiger partial charge >= 0.3 is 4.87 Å².